The Hall–Kier alpha value is -1.14. The molecule has 33 heavy (non-hydrogen) atoms. The Morgan fingerprint density at radius 3 is 2.33 bits per heavy atom. The van der Waals surface area contributed by atoms with Gasteiger partial charge in [-0.1, -0.05) is 27.7 Å². The fourth-order valence-electron chi connectivity index (χ4n) is 9.34. The van der Waals surface area contributed by atoms with E-state index in [1.54, 1.807) is 0 Å². The van der Waals surface area contributed by atoms with Crippen molar-refractivity contribution in [3.8, 4) is 0 Å². The van der Waals surface area contributed by atoms with Crippen molar-refractivity contribution in [2.24, 2.45) is 52.3 Å². The standard InChI is InChI=1S/C27H45NO5/c1-15(11-16(2)25(33)28-14-23(31)32)19-5-6-20-24-21(8-10-27(19,20)4)26(3)9-7-18(29)12-17(26)13-22(24)30/h15-22,24,29-30H,5-14H2,1-4H3,(H,28,33)(H,31,32)/t15-,16?,17?,18-,19-,20?,21?,22+,24?,26+,27-/m1/s1. The second-order valence-electron chi connectivity index (χ2n) is 12.7. The zero-order chi connectivity index (χ0) is 24.1. The number of aliphatic carboxylic acids is 1. The van der Waals surface area contributed by atoms with Gasteiger partial charge in [0.2, 0.25) is 5.91 Å². The third-order valence-electron chi connectivity index (χ3n) is 11.0. The topological polar surface area (TPSA) is 107 Å². The van der Waals surface area contributed by atoms with Gasteiger partial charge in [0.1, 0.15) is 6.54 Å². The van der Waals surface area contributed by atoms with Gasteiger partial charge in [-0.15, -0.1) is 0 Å². The van der Waals surface area contributed by atoms with Gasteiger partial charge in [0.05, 0.1) is 12.2 Å². The number of aliphatic hydroxyl groups is 2. The van der Waals surface area contributed by atoms with E-state index in [9.17, 15) is 19.8 Å². The van der Waals surface area contributed by atoms with Gasteiger partial charge in [0.25, 0.3) is 0 Å². The maximum Gasteiger partial charge on any atom is 0.322 e. The molecule has 11 atom stereocenters. The molecule has 0 aromatic heterocycles. The summed E-state index contributed by atoms with van der Waals surface area (Å²) in [4.78, 5) is 23.1. The molecule has 4 aliphatic carbocycles. The molecule has 0 heterocycles. The molecule has 6 nitrogen and oxygen atoms in total. The molecule has 0 aliphatic heterocycles. The molecule has 0 aromatic carbocycles. The summed E-state index contributed by atoms with van der Waals surface area (Å²) in [5.41, 5.74) is 0.432. The highest BCUT2D eigenvalue weighted by molar-refractivity contribution is 5.82. The van der Waals surface area contributed by atoms with Crippen molar-refractivity contribution >= 4 is 11.9 Å². The lowest BCUT2D eigenvalue weighted by molar-refractivity contribution is -0.174. The van der Waals surface area contributed by atoms with Crippen LogP contribution < -0.4 is 5.32 Å². The average molecular weight is 464 g/mol. The third kappa shape index (κ3) is 4.35. The van der Waals surface area contributed by atoms with Gasteiger partial charge in [-0.25, -0.2) is 0 Å². The molecule has 4 saturated carbocycles. The summed E-state index contributed by atoms with van der Waals surface area (Å²) in [6.45, 7) is 8.75. The highest BCUT2D eigenvalue weighted by Crippen LogP contribution is 2.68. The summed E-state index contributed by atoms with van der Waals surface area (Å²) in [6.07, 6.45) is 8.63. The van der Waals surface area contributed by atoms with Crippen LogP contribution in [0, 0.1) is 52.3 Å². The summed E-state index contributed by atoms with van der Waals surface area (Å²) in [5.74, 6) is 1.39. The molecule has 0 radical (unpaired) electrons. The number of hydrogen-bond acceptors (Lipinski definition) is 4. The Bertz CT molecular complexity index is 757. The van der Waals surface area contributed by atoms with Crippen LogP contribution in [-0.4, -0.2) is 45.9 Å². The van der Waals surface area contributed by atoms with Gasteiger partial charge in [0.15, 0.2) is 0 Å². The first kappa shape index (κ1) is 25.0. The molecular weight excluding hydrogens is 418 g/mol. The van der Waals surface area contributed by atoms with Crippen molar-refractivity contribution in [2.45, 2.75) is 97.7 Å². The van der Waals surface area contributed by atoms with Crippen molar-refractivity contribution in [3.05, 3.63) is 0 Å². The number of nitrogens with one attached hydrogen (secondary N) is 1. The van der Waals surface area contributed by atoms with Crippen LogP contribution in [0.4, 0.5) is 0 Å². The van der Waals surface area contributed by atoms with Crippen molar-refractivity contribution < 1.29 is 24.9 Å². The molecule has 0 aromatic rings. The van der Waals surface area contributed by atoms with E-state index < -0.39 is 5.97 Å². The second-order valence-corrected chi connectivity index (χ2v) is 12.7. The fourth-order valence-corrected chi connectivity index (χ4v) is 9.34. The predicted octanol–water partition coefficient (Wildman–Crippen LogP) is 3.84. The van der Waals surface area contributed by atoms with E-state index in [4.69, 9.17) is 5.11 Å². The maximum atomic E-state index is 12.4. The lowest BCUT2D eigenvalue weighted by Gasteiger charge is -2.62. The largest absolute Gasteiger partial charge is 0.480 e. The number of amides is 1. The summed E-state index contributed by atoms with van der Waals surface area (Å²) in [5, 5.41) is 33.0. The van der Waals surface area contributed by atoms with Crippen LogP contribution in [-0.2, 0) is 9.59 Å². The molecule has 4 aliphatic rings. The van der Waals surface area contributed by atoms with Gasteiger partial charge in [-0.05, 0) is 104 Å². The van der Waals surface area contributed by atoms with Crippen LogP contribution in [0.25, 0.3) is 0 Å². The van der Waals surface area contributed by atoms with Crippen LogP contribution in [0.15, 0.2) is 0 Å². The number of fused-ring (bicyclic) bond motifs is 5. The molecule has 4 rings (SSSR count). The number of aliphatic hydroxyl groups excluding tert-OH is 2. The van der Waals surface area contributed by atoms with E-state index >= 15 is 0 Å². The second kappa shape index (κ2) is 9.14. The predicted molar refractivity (Wildman–Crippen MR) is 126 cm³/mol. The van der Waals surface area contributed by atoms with E-state index in [0.29, 0.717) is 35.5 Å². The average Bonchev–Trinajstić information content (AvgIpc) is 3.10. The van der Waals surface area contributed by atoms with Crippen molar-refractivity contribution in [1.29, 1.82) is 0 Å². The highest BCUT2D eigenvalue weighted by Gasteiger charge is 2.62. The molecular formula is C27H45NO5. The van der Waals surface area contributed by atoms with Crippen LogP contribution >= 0.6 is 0 Å². The molecule has 4 fully saturated rings. The van der Waals surface area contributed by atoms with Crippen molar-refractivity contribution in [3.63, 3.8) is 0 Å². The summed E-state index contributed by atoms with van der Waals surface area (Å²) in [7, 11) is 0. The van der Waals surface area contributed by atoms with Gasteiger partial charge >= 0.3 is 5.97 Å². The third-order valence-corrected chi connectivity index (χ3v) is 11.0. The minimum absolute atomic E-state index is 0.172. The first-order valence-electron chi connectivity index (χ1n) is 13.3. The minimum Gasteiger partial charge on any atom is -0.480 e. The van der Waals surface area contributed by atoms with Crippen LogP contribution in [0.2, 0.25) is 0 Å². The van der Waals surface area contributed by atoms with E-state index in [1.807, 2.05) is 6.92 Å². The molecule has 1 amide bonds. The Morgan fingerprint density at radius 1 is 0.970 bits per heavy atom. The first-order valence-corrected chi connectivity index (χ1v) is 13.3. The zero-order valence-corrected chi connectivity index (χ0v) is 20.9. The SMILES string of the molecule is CC(C[C@@H](C)[C@H]1CCC2C3C(CC[C@@]21C)[C@@]1(C)CC[C@@H](O)CC1C[C@@H]3O)C(=O)NCC(=O)O. The van der Waals surface area contributed by atoms with Crippen LogP contribution in [0.1, 0.15) is 85.5 Å². The number of carbonyl (C=O) groups excluding carboxylic acids is 1. The molecule has 0 spiro atoms. The number of carbonyl (C=O) groups is 2. The lowest BCUT2D eigenvalue weighted by atomic mass is 9.43. The summed E-state index contributed by atoms with van der Waals surface area (Å²) < 4.78 is 0. The number of rotatable bonds is 6. The lowest BCUT2D eigenvalue weighted by Crippen LogP contribution is -2.58. The van der Waals surface area contributed by atoms with E-state index in [2.05, 4.69) is 26.1 Å². The number of hydrogen-bond donors (Lipinski definition) is 4. The Kier molecular flexibility index (Phi) is 6.92. The molecule has 4 N–H and O–H groups in total. The van der Waals surface area contributed by atoms with Gasteiger partial charge in [-0.3, -0.25) is 9.59 Å². The molecule has 0 bridgehead atoms. The first-order chi connectivity index (χ1) is 15.5. The Labute approximate surface area is 198 Å². The molecule has 188 valence electrons. The maximum absolute atomic E-state index is 12.4. The molecule has 0 saturated heterocycles. The Morgan fingerprint density at radius 2 is 1.64 bits per heavy atom. The monoisotopic (exact) mass is 463 g/mol. The summed E-state index contributed by atoms with van der Waals surface area (Å²) in [6, 6.07) is 0. The van der Waals surface area contributed by atoms with E-state index in [1.165, 1.54) is 6.42 Å². The highest BCUT2D eigenvalue weighted by atomic mass is 16.4. The quantitative estimate of drug-likeness (QED) is 0.479. The minimum atomic E-state index is -1.01. The Balaban J connectivity index is 1.46. The van der Waals surface area contributed by atoms with E-state index in [0.717, 1.165) is 51.4 Å². The number of carboxylic acids is 1. The zero-order valence-electron chi connectivity index (χ0n) is 20.9. The smallest absolute Gasteiger partial charge is 0.322 e. The molecule has 5 unspecified atom stereocenters. The summed E-state index contributed by atoms with van der Waals surface area (Å²) >= 11 is 0. The van der Waals surface area contributed by atoms with Crippen molar-refractivity contribution in [2.75, 3.05) is 6.54 Å². The van der Waals surface area contributed by atoms with Crippen molar-refractivity contribution in [1.82, 2.24) is 5.32 Å². The van der Waals surface area contributed by atoms with Gasteiger partial charge in [0, 0.05) is 5.92 Å². The fraction of sp³-hybridized carbons (Fsp3) is 0.926. The van der Waals surface area contributed by atoms with Gasteiger partial charge in [-0.2, -0.15) is 0 Å². The van der Waals surface area contributed by atoms with Crippen LogP contribution in [0.5, 0.6) is 0 Å². The number of carboxylic acid groups (broad SMARTS) is 1. The van der Waals surface area contributed by atoms with Gasteiger partial charge < -0.3 is 20.6 Å². The van der Waals surface area contributed by atoms with Crippen LogP contribution in [0.3, 0.4) is 0 Å². The normalized spacial score (nSPS) is 46.4. The van der Waals surface area contributed by atoms with E-state index in [-0.39, 0.29) is 41.4 Å². The molecule has 6 heteroatoms.